The molecule has 2 aromatic rings. The van der Waals surface area contributed by atoms with Crippen LogP contribution in [0.3, 0.4) is 0 Å². The summed E-state index contributed by atoms with van der Waals surface area (Å²) in [5, 5.41) is 1.06. The standard InChI is InChI=1S/C11H9ClN2O3/c1-15-7-4-6-8(13-5-14-11(6)12)10-9(7)16-2-3-17-10/h4-5H,2-3H2,1H3. The molecule has 0 aliphatic carbocycles. The van der Waals surface area contributed by atoms with Crippen molar-refractivity contribution in [3.8, 4) is 17.2 Å². The molecule has 0 saturated heterocycles. The van der Waals surface area contributed by atoms with E-state index in [0.717, 1.165) is 0 Å². The van der Waals surface area contributed by atoms with Gasteiger partial charge in [-0.1, -0.05) is 11.6 Å². The number of benzene rings is 1. The maximum absolute atomic E-state index is 6.03. The summed E-state index contributed by atoms with van der Waals surface area (Å²) in [7, 11) is 1.57. The van der Waals surface area contributed by atoms with E-state index in [1.165, 1.54) is 6.33 Å². The summed E-state index contributed by atoms with van der Waals surface area (Å²) in [5.41, 5.74) is 0.639. The topological polar surface area (TPSA) is 53.5 Å². The molecule has 5 nitrogen and oxygen atoms in total. The minimum Gasteiger partial charge on any atom is -0.493 e. The quantitative estimate of drug-likeness (QED) is 0.727. The van der Waals surface area contributed by atoms with Crippen LogP contribution in [0.4, 0.5) is 0 Å². The van der Waals surface area contributed by atoms with Crippen molar-refractivity contribution in [3.05, 3.63) is 17.5 Å². The molecular weight excluding hydrogens is 244 g/mol. The lowest BCUT2D eigenvalue weighted by molar-refractivity contribution is 0.167. The average Bonchev–Trinajstić information content (AvgIpc) is 2.38. The van der Waals surface area contributed by atoms with Crippen LogP contribution in [0.2, 0.25) is 5.15 Å². The summed E-state index contributed by atoms with van der Waals surface area (Å²) < 4.78 is 16.4. The first-order valence-corrected chi connectivity index (χ1v) is 5.46. The van der Waals surface area contributed by atoms with E-state index in [1.807, 2.05) is 0 Å². The normalized spacial score (nSPS) is 13.8. The summed E-state index contributed by atoms with van der Waals surface area (Å²) in [4.78, 5) is 8.11. The number of rotatable bonds is 1. The zero-order valence-electron chi connectivity index (χ0n) is 9.07. The molecule has 0 bridgehead atoms. The predicted molar refractivity (Wildman–Crippen MR) is 62.1 cm³/mol. The van der Waals surface area contributed by atoms with Gasteiger partial charge in [0.1, 0.15) is 30.2 Å². The number of halogens is 1. The van der Waals surface area contributed by atoms with Crippen LogP contribution >= 0.6 is 11.6 Å². The monoisotopic (exact) mass is 252 g/mol. The van der Waals surface area contributed by atoms with Gasteiger partial charge in [0.2, 0.25) is 5.75 Å². The van der Waals surface area contributed by atoms with Crippen LogP contribution in [0, 0.1) is 0 Å². The SMILES string of the molecule is COc1cc2c(Cl)ncnc2c2c1OCCO2. The van der Waals surface area contributed by atoms with Gasteiger partial charge in [0.05, 0.1) is 7.11 Å². The third-order valence-corrected chi connectivity index (χ3v) is 2.85. The van der Waals surface area contributed by atoms with Gasteiger partial charge in [0.25, 0.3) is 0 Å². The van der Waals surface area contributed by atoms with Gasteiger partial charge < -0.3 is 14.2 Å². The number of nitrogens with zero attached hydrogens (tertiary/aromatic N) is 2. The first-order valence-electron chi connectivity index (χ1n) is 5.08. The van der Waals surface area contributed by atoms with E-state index in [1.54, 1.807) is 13.2 Å². The maximum Gasteiger partial charge on any atom is 0.206 e. The molecule has 17 heavy (non-hydrogen) atoms. The summed E-state index contributed by atoms with van der Waals surface area (Å²) in [6.45, 7) is 0.977. The third-order valence-electron chi connectivity index (χ3n) is 2.55. The molecule has 1 aliphatic heterocycles. The second kappa shape index (κ2) is 3.92. The summed E-state index contributed by atoms with van der Waals surface area (Å²) >= 11 is 6.03. The van der Waals surface area contributed by atoms with Gasteiger partial charge in [-0.15, -0.1) is 0 Å². The van der Waals surface area contributed by atoms with E-state index in [0.29, 0.717) is 46.5 Å². The van der Waals surface area contributed by atoms with Gasteiger partial charge in [0.15, 0.2) is 11.5 Å². The molecule has 0 fully saturated rings. The molecule has 1 aromatic heterocycles. The highest BCUT2D eigenvalue weighted by atomic mass is 35.5. The van der Waals surface area contributed by atoms with Gasteiger partial charge in [0, 0.05) is 5.39 Å². The molecule has 6 heteroatoms. The Morgan fingerprint density at radius 3 is 2.76 bits per heavy atom. The molecule has 1 aromatic carbocycles. The van der Waals surface area contributed by atoms with Gasteiger partial charge >= 0.3 is 0 Å². The summed E-state index contributed by atoms with van der Waals surface area (Å²) in [6.07, 6.45) is 1.40. The van der Waals surface area contributed by atoms with E-state index in [2.05, 4.69) is 9.97 Å². The maximum atomic E-state index is 6.03. The van der Waals surface area contributed by atoms with Crippen molar-refractivity contribution in [3.63, 3.8) is 0 Å². The highest BCUT2D eigenvalue weighted by molar-refractivity contribution is 6.34. The van der Waals surface area contributed by atoms with Crippen LogP contribution in [0.15, 0.2) is 12.4 Å². The number of hydrogen-bond donors (Lipinski definition) is 0. The van der Waals surface area contributed by atoms with E-state index >= 15 is 0 Å². The van der Waals surface area contributed by atoms with Gasteiger partial charge in [-0.25, -0.2) is 9.97 Å². The molecule has 88 valence electrons. The fraction of sp³-hybridized carbons (Fsp3) is 0.273. The largest absolute Gasteiger partial charge is 0.493 e. The highest BCUT2D eigenvalue weighted by Gasteiger charge is 2.22. The second-order valence-electron chi connectivity index (χ2n) is 3.49. The Bertz CT molecular complexity index is 588. The second-order valence-corrected chi connectivity index (χ2v) is 3.85. The first kappa shape index (κ1) is 10.4. The molecule has 0 amide bonds. The Morgan fingerprint density at radius 1 is 1.24 bits per heavy atom. The van der Waals surface area contributed by atoms with E-state index < -0.39 is 0 Å². The average molecular weight is 253 g/mol. The van der Waals surface area contributed by atoms with E-state index in [4.69, 9.17) is 25.8 Å². The lowest BCUT2D eigenvalue weighted by Crippen LogP contribution is -2.16. The lowest BCUT2D eigenvalue weighted by Gasteiger charge is -2.21. The molecule has 0 N–H and O–H groups in total. The Kier molecular flexibility index (Phi) is 2.40. The molecule has 0 spiro atoms. The van der Waals surface area contributed by atoms with Crippen LogP contribution in [0.1, 0.15) is 0 Å². The number of fused-ring (bicyclic) bond motifs is 3. The van der Waals surface area contributed by atoms with Crippen LogP contribution in [-0.4, -0.2) is 30.3 Å². The van der Waals surface area contributed by atoms with Crippen molar-refractivity contribution >= 4 is 22.5 Å². The van der Waals surface area contributed by atoms with Gasteiger partial charge in [-0.05, 0) is 6.07 Å². The van der Waals surface area contributed by atoms with E-state index in [9.17, 15) is 0 Å². The van der Waals surface area contributed by atoms with Crippen molar-refractivity contribution in [2.45, 2.75) is 0 Å². The number of aromatic nitrogens is 2. The molecule has 0 unspecified atom stereocenters. The van der Waals surface area contributed by atoms with Crippen LogP contribution in [-0.2, 0) is 0 Å². The molecule has 3 rings (SSSR count). The van der Waals surface area contributed by atoms with Crippen LogP contribution in [0.25, 0.3) is 10.9 Å². The molecule has 0 radical (unpaired) electrons. The Morgan fingerprint density at radius 2 is 2.00 bits per heavy atom. The summed E-state index contributed by atoms with van der Waals surface area (Å²) in [6, 6.07) is 1.76. The fourth-order valence-corrected chi connectivity index (χ4v) is 2.00. The van der Waals surface area contributed by atoms with Crippen molar-refractivity contribution in [2.24, 2.45) is 0 Å². The number of ether oxygens (including phenoxy) is 3. The van der Waals surface area contributed by atoms with Crippen LogP contribution in [0.5, 0.6) is 17.2 Å². The highest BCUT2D eigenvalue weighted by Crippen LogP contribution is 2.45. The van der Waals surface area contributed by atoms with Crippen molar-refractivity contribution in [2.75, 3.05) is 20.3 Å². The molecule has 2 heterocycles. The van der Waals surface area contributed by atoms with Crippen molar-refractivity contribution < 1.29 is 14.2 Å². The lowest BCUT2D eigenvalue weighted by atomic mass is 10.2. The van der Waals surface area contributed by atoms with Gasteiger partial charge in [-0.3, -0.25) is 0 Å². The van der Waals surface area contributed by atoms with Crippen LogP contribution < -0.4 is 14.2 Å². The Labute approximate surface area is 102 Å². The Hall–Kier alpha value is -1.75. The fourth-order valence-electron chi connectivity index (χ4n) is 1.81. The number of methoxy groups -OCH3 is 1. The molecule has 0 atom stereocenters. The van der Waals surface area contributed by atoms with Gasteiger partial charge in [-0.2, -0.15) is 0 Å². The Balaban J connectivity index is 2.39. The molecular formula is C11H9ClN2O3. The zero-order valence-corrected chi connectivity index (χ0v) is 9.82. The van der Waals surface area contributed by atoms with Crippen molar-refractivity contribution in [1.29, 1.82) is 0 Å². The van der Waals surface area contributed by atoms with E-state index in [-0.39, 0.29) is 0 Å². The third kappa shape index (κ3) is 1.54. The zero-order chi connectivity index (χ0) is 11.8. The first-order chi connectivity index (χ1) is 8.31. The number of hydrogen-bond acceptors (Lipinski definition) is 5. The minimum absolute atomic E-state index is 0.366. The molecule has 0 saturated carbocycles. The molecule has 1 aliphatic rings. The minimum atomic E-state index is 0.366. The smallest absolute Gasteiger partial charge is 0.206 e. The van der Waals surface area contributed by atoms with Crippen molar-refractivity contribution in [1.82, 2.24) is 9.97 Å². The summed E-state index contributed by atoms with van der Waals surface area (Å²) in [5.74, 6) is 1.71. The predicted octanol–water partition coefficient (Wildman–Crippen LogP) is 2.06.